The van der Waals surface area contributed by atoms with Crippen molar-refractivity contribution in [3.05, 3.63) is 32.7 Å². The Balaban J connectivity index is 3.04. The van der Waals surface area contributed by atoms with E-state index in [1.54, 1.807) is 18.2 Å². The maximum absolute atomic E-state index is 10.5. The molecule has 1 rings (SSSR count). The van der Waals surface area contributed by atoms with Gasteiger partial charge in [0, 0.05) is 8.95 Å². The first-order chi connectivity index (χ1) is 6.93. The van der Waals surface area contributed by atoms with Crippen LogP contribution in [-0.2, 0) is 4.79 Å². The molecule has 0 aliphatic carbocycles. The van der Waals surface area contributed by atoms with Crippen molar-refractivity contribution in [3.8, 4) is 0 Å². The molecular weight excluding hydrogens is 332 g/mol. The molecular formula is C9H8Br2O4. The van der Waals surface area contributed by atoms with E-state index in [1.807, 2.05) is 0 Å². The van der Waals surface area contributed by atoms with Crippen LogP contribution in [0.25, 0.3) is 0 Å². The zero-order valence-corrected chi connectivity index (χ0v) is 10.6. The van der Waals surface area contributed by atoms with Gasteiger partial charge < -0.3 is 15.3 Å². The maximum atomic E-state index is 10.5. The Morgan fingerprint density at radius 3 is 2.40 bits per heavy atom. The highest BCUT2D eigenvalue weighted by Crippen LogP contribution is 2.28. The smallest absolute Gasteiger partial charge is 0.335 e. The van der Waals surface area contributed by atoms with Crippen LogP contribution in [-0.4, -0.2) is 27.4 Å². The summed E-state index contributed by atoms with van der Waals surface area (Å²) in [6, 6.07) is 4.92. The van der Waals surface area contributed by atoms with E-state index in [4.69, 9.17) is 5.11 Å². The van der Waals surface area contributed by atoms with Crippen molar-refractivity contribution in [2.75, 3.05) is 0 Å². The molecule has 15 heavy (non-hydrogen) atoms. The van der Waals surface area contributed by atoms with E-state index in [0.29, 0.717) is 14.5 Å². The van der Waals surface area contributed by atoms with Gasteiger partial charge in [-0.1, -0.05) is 31.9 Å². The Labute approximate surface area is 103 Å². The normalized spacial score (nSPS) is 14.7. The lowest BCUT2D eigenvalue weighted by Gasteiger charge is -2.16. The third-order valence-corrected chi connectivity index (χ3v) is 3.04. The zero-order valence-electron chi connectivity index (χ0n) is 7.39. The predicted molar refractivity (Wildman–Crippen MR) is 60.4 cm³/mol. The number of benzene rings is 1. The molecule has 0 saturated heterocycles. The fraction of sp³-hybridized carbons (Fsp3) is 0.222. The fourth-order valence-electron chi connectivity index (χ4n) is 1.05. The largest absolute Gasteiger partial charge is 0.479 e. The minimum Gasteiger partial charge on any atom is -0.479 e. The van der Waals surface area contributed by atoms with Gasteiger partial charge in [-0.3, -0.25) is 0 Å². The molecule has 0 fully saturated rings. The molecule has 0 spiro atoms. The van der Waals surface area contributed by atoms with E-state index >= 15 is 0 Å². The van der Waals surface area contributed by atoms with Gasteiger partial charge in [-0.25, -0.2) is 4.79 Å². The van der Waals surface area contributed by atoms with Crippen molar-refractivity contribution in [2.45, 2.75) is 12.2 Å². The maximum Gasteiger partial charge on any atom is 0.335 e. The monoisotopic (exact) mass is 338 g/mol. The molecule has 6 heteroatoms. The molecule has 1 aromatic carbocycles. The quantitative estimate of drug-likeness (QED) is 0.783. The highest BCUT2D eigenvalue weighted by molar-refractivity contribution is 9.11. The summed E-state index contributed by atoms with van der Waals surface area (Å²) in [4.78, 5) is 10.5. The first-order valence-electron chi connectivity index (χ1n) is 3.97. The number of hydrogen-bond acceptors (Lipinski definition) is 3. The second-order valence-electron chi connectivity index (χ2n) is 2.89. The first-order valence-corrected chi connectivity index (χ1v) is 5.56. The van der Waals surface area contributed by atoms with Gasteiger partial charge in [-0.05, 0) is 23.8 Å². The van der Waals surface area contributed by atoms with E-state index < -0.39 is 18.2 Å². The van der Waals surface area contributed by atoms with E-state index in [2.05, 4.69) is 31.9 Å². The number of aliphatic hydroxyl groups excluding tert-OH is 2. The summed E-state index contributed by atoms with van der Waals surface area (Å²) in [5, 5.41) is 27.3. The summed E-state index contributed by atoms with van der Waals surface area (Å²) in [5.74, 6) is -1.46. The molecule has 2 atom stereocenters. The van der Waals surface area contributed by atoms with Gasteiger partial charge >= 0.3 is 5.97 Å². The molecule has 4 nitrogen and oxygen atoms in total. The third-order valence-electron chi connectivity index (χ3n) is 1.83. The fourth-order valence-corrected chi connectivity index (χ4v) is 1.91. The minimum atomic E-state index is -1.84. The molecule has 0 saturated carbocycles. The average molecular weight is 340 g/mol. The Bertz CT molecular complexity index is 380. The summed E-state index contributed by atoms with van der Waals surface area (Å²) >= 11 is 6.35. The van der Waals surface area contributed by atoms with Gasteiger partial charge in [0.1, 0.15) is 6.10 Å². The van der Waals surface area contributed by atoms with E-state index in [0.717, 1.165) is 0 Å². The second-order valence-corrected chi connectivity index (χ2v) is 4.66. The average Bonchev–Trinajstić information content (AvgIpc) is 2.19. The minimum absolute atomic E-state index is 0.319. The third kappa shape index (κ3) is 3.01. The van der Waals surface area contributed by atoms with Crippen LogP contribution in [0.15, 0.2) is 27.1 Å². The van der Waals surface area contributed by atoms with Gasteiger partial charge in [0.2, 0.25) is 0 Å². The molecule has 0 aliphatic rings. The molecule has 0 aliphatic heterocycles. The molecule has 1 aromatic rings. The van der Waals surface area contributed by atoms with Crippen molar-refractivity contribution in [1.82, 2.24) is 0 Å². The number of aliphatic hydroxyl groups is 2. The Kier molecular flexibility index (Phi) is 4.27. The van der Waals surface area contributed by atoms with Crippen molar-refractivity contribution in [1.29, 1.82) is 0 Å². The van der Waals surface area contributed by atoms with Crippen LogP contribution in [0.2, 0.25) is 0 Å². The molecule has 82 valence electrons. The molecule has 2 unspecified atom stereocenters. The second kappa shape index (κ2) is 5.07. The molecule has 0 radical (unpaired) electrons. The van der Waals surface area contributed by atoms with Crippen LogP contribution in [0, 0.1) is 0 Å². The number of rotatable bonds is 3. The van der Waals surface area contributed by atoms with Crippen LogP contribution in [0.5, 0.6) is 0 Å². The van der Waals surface area contributed by atoms with Gasteiger partial charge in [0.15, 0.2) is 6.10 Å². The Morgan fingerprint density at radius 2 is 1.87 bits per heavy atom. The van der Waals surface area contributed by atoms with Crippen molar-refractivity contribution in [3.63, 3.8) is 0 Å². The molecule has 0 amide bonds. The van der Waals surface area contributed by atoms with Crippen LogP contribution in [0.4, 0.5) is 0 Å². The summed E-state index contributed by atoms with van der Waals surface area (Å²) in [5.41, 5.74) is 0.319. The van der Waals surface area contributed by atoms with E-state index in [-0.39, 0.29) is 0 Å². The Morgan fingerprint density at radius 1 is 1.27 bits per heavy atom. The van der Waals surface area contributed by atoms with E-state index in [1.165, 1.54) is 0 Å². The molecule has 0 bridgehead atoms. The lowest BCUT2D eigenvalue weighted by Crippen LogP contribution is -2.27. The highest BCUT2D eigenvalue weighted by atomic mass is 79.9. The zero-order chi connectivity index (χ0) is 11.6. The molecule has 0 heterocycles. The van der Waals surface area contributed by atoms with Crippen LogP contribution >= 0.6 is 31.9 Å². The van der Waals surface area contributed by atoms with Crippen LogP contribution in [0.3, 0.4) is 0 Å². The number of carbonyl (C=O) groups is 1. The van der Waals surface area contributed by atoms with E-state index in [9.17, 15) is 15.0 Å². The standard InChI is InChI=1S/C9H8Br2O4/c10-4-1-2-6(11)5(3-4)7(12)8(13)9(14)15/h1-3,7-8,12-13H,(H,14,15). The van der Waals surface area contributed by atoms with Crippen molar-refractivity contribution < 1.29 is 20.1 Å². The van der Waals surface area contributed by atoms with Crippen LogP contribution in [0.1, 0.15) is 11.7 Å². The van der Waals surface area contributed by atoms with Gasteiger partial charge in [0.05, 0.1) is 0 Å². The van der Waals surface area contributed by atoms with Gasteiger partial charge in [-0.2, -0.15) is 0 Å². The summed E-state index contributed by atoms with van der Waals surface area (Å²) in [6.07, 6.45) is -3.30. The predicted octanol–water partition coefficient (Wildman–Crippen LogP) is 1.69. The molecule has 0 aromatic heterocycles. The number of halogens is 2. The van der Waals surface area contributed by atoms with Crippen LogP contribution < -0.4 is 0 Å². The van der Waals surface area contributed by atoms with Gasteiger partial charge in [0.25, 0.3) is 0 Å². The first kappa shape index (κ1) is 12.6. The lowest BCUT2D eigenvalue weighted by molar-refractivity contribution is -0.153. The number of carboxylic acids is 1. The summed E-state index contributed by atoms with van der Waals surface area (Å²) in [6.45, 7) is 0. The molecule has 3 N–H and O–H groups in total. The topological polar surface area (TPSA) is 77.8 Å². The highest BCUT2D eigenvalue weighted by Gasteiger charge is 2.26. The summed E-state index contributed by atoms with van der Waals surface area (Å²) < 4.78 is 1.23. The van der Waals surface area contributed by atoms with Crippen molar-refractivity contribution >= 4 is 37.8 Å². The van der Waals surface area contributed by atoms with Gasteiger partial charge in [-0.15, -0.1) is 0 Å². The van der Waals surface area contributed by atoms with Crippen molar-refractivity contribution in [2.24, 2.45) is 0 Å². The SMILES string of the molecule is O=C(O)C(O)C(O)c1cc(Br)ccc1Br. The Hall–Kier alpha value is -0.430. The summed E-state index contributed by atoms with van der Waals surface area (Å²) in [7, 11) is 0. The number of carboxylic acid groups (broad SMARTS) is 1. The number of hydrogen-bond donors (Lipinski definition) is 3. The number of aliphatic carboxylic acids is 1. The lowest BCUT2D eigenvalue weighted by atomic mass is 10.0.